The third-order valence-electron chi connectivity index (χ3n) is 7.73. The highest BCUT2D eigenvalue weighted by Crippen LogP contribution is 2.26. The largest absolute Gasteiger partial charge is 0.350 e. The number of nitrogens with zero attached hydrogens (tertiary/aromatic N) is 5. The van der Waals surface area contributed by atoms with Gasteiger partial charge in [-0.1, -0.05) is 45.0 Å². The van der Waals surface area contributed by atoms with Gasteiger partial charge in [-0.2, -0.15) is 19.6 Å². The van der Waals surface area contributed by atoms with Gasteiger partial charge in [0.05, 0.1) is 6.20 Å². The average Bonchev–Trinajstić information content (AvgIpc) is 3.13. The van der Waals surface area contributed by atoms with Crippen LogP contribution in [0.2, 0.25) is 0 Å². The first kappa shape index (κ1) is 24.0. The van der Waals surface area contributed by atoms with Crippen LogP contribution in [0.1, 0.15) is 75.5 Å². The molecule has 35 heavy (non-hydrogen) atoms. The lowest BCUT2D eigenvalue weighted by Crippen LogP contribution is -2.34. The fourth-order valence-corrected chi connectivity index (χ4v) is 5.43. The second kappa shape index (κ2) is 10.9. The van der Waals surface area contributed by atoms with Crippen molar-refractivity contribution in [2.75, 3.05) is 36.4 Å². The summed E-state index contributed by atoms with van der Waals surface area (Å²) >= 11 is 0. The first-order valence-electron chi connectivity index (χ1n) is 13.6. The molecule has 2 aliphatic rings. The Morgan fingerprint density at radius 3 is 2.71 bits per heavy atom. The lowest BCUT2D eigenvalue weighted by Gasteiger charge is -2.30. The minimum atomic E-state index is 0.361. The molecule has 2 saturated heterocycles. The molecule has 7 nitrogen and oxygen atoms in total. The van der Waals surface area contributed by atoms with Crippen LogP contribution in [0, 0.1) is 11.8 Å². The van der Waals surface area contributed by atoms with Gasteiger partial charge in [-0.3, -0.25) is 0 Å². The number of hydrogen-bond acceptors (Lipinski definition) is 6. The van der Waals surface area contributed by atoms with Gasteiger partial charge in [-0.15, -0.1) is 0 Å². The minimum Gasteiger partial charge on any atom is -0.350 e. The molecule has 2 aliphatic heterocycles. The van der Waals surface area contributed by atoms with Crippen LogP contribution in [0.15, 0.2) is 30.5 Å². The summed E-state index contributed by atoms with van der Waals surface area (Å²) in [4.78, 5) is 12.3. The molecular formula is C28H41N7. The first-order chi connectivity index (χ1) is 17.1. The molecule has 7 heteroatoms. The van der Waals surface area contributed by atoms with E-state index in [1.54, 1.807) is 0 Å². The van der Waals surface area contributed by atoms with E-state index in [2.05, 4.69) is 65.7 Å². The van der Waals surface area contributed by atoms with E-state index in [-0.39, 0.29) is 0 Å². The van der Waals surface area contributed by atoms with Crippen LogP contribution in [-0.2, 0) is 13.0 Å². The van der Waals surface area contributed by atoms with Gasteiger partial charge in [0.2, 0.25) is 11.9 Å². The van der Waals surface area contributed by atoms with E-state index in [0.29, 0.717) is 5.92 Å². The zero-order valence-electron chi connectivity index (χ0n) is 21.6. The third kappa shape index (κ3) is 5.77. The number of hydrogen-bond donors (Lipinski definition) is 2. The van der Waals surface area contributed by atoms with Crippen LogP contribution < -0.4 is 15.5 Å². The molecule has 2 N–H and O–H groups in total. The fraction of sp³-hybridized carbons (Fsp3) is 0.607. The van der Waals surface area contributed by atoms with Crippen LogP contribution >= 0.6 is 0 Å². The summed E-state index contributed by atoms with van der Waals surface area (Å²) in [6, 6.07) is 9.04. The second-order valence-corrected chi connectivity index (χ2v) is 10.9. The number of rotatable bonds is 7. The molecule has 0 bridgehead atoms. The van der Waals surface area contributed by atoms with E-state index in [1.165, 1.54) is 55.2 Å². The van der Waals surface area contributed by atoms with Crippen molar-refractivity contribution in [2.24, 2.45) is 11.8 Å². The number of fused-ring (bicyclic) bond motifs is 1. The highest BCUT2D eigenvalue weighted by Gasteiger charge is 2.22. The first-order valence-corrected chi connectivity index (χ1v) is 13.6. The predicted octanol–water partition coefficient (Wildman–Crippen LogP) is 5.03. The molecule has 1 unspecified atom stereocenters. The van der Waals surface area contributed by atoms with Crippen molar-refractivity contribution in [2.45, 2.75) is 71.8 Å². The van der Waals surface area contributed by atoms with Crippen molar-refractivity contribution in [1.29, 1.82) is 0 Å². The maximum atomic E-state index is 4.98. The molecule has 0 amide bonds. The SMILES string of the molecule is CC1CCN(c2nc(NCc3cccc(CC4CCCNCC4)c3)n3ncc(C(C)C)c3n2)CC1. The summed E-state index contributed by atoms with van der Waals surface area (Å²) in [7, 11) is 0. The van der Waals surface area contributed by atoms with Gasteiger partial charge < -0.3 is 15.5 Å². The Morgan fingerprint density at radius 2 is 1.89 bits per heavy atom. The predicted molar refractivity (Wildman–Crippen MR) is 143 cm³/mol. The van der Waals surface area contributed by atoms with Crippen molar-refractivity contribution in [3.8, 4) is 0 Å². The van der Waals surface area contributed by atoms with Crippen LogP contribution in [0.4, 0.5) is 11.9 Å². The third-order valence-corrected chi connectivity index (χ3v) is 7.73. The minimum absolute atomic E-state index is 0.361. The number of nitrogens with one attached hydrogen (secondary N) is 2. The van der Waals surface area contributed by atoms with Crippen molar-refractivity contribution < 1.29 is 0 Å². The normalized spacial score (nSPS) is 19.9. The van der Waals surface area contributed by atoms with Gasteiger partial charge in [-0.25, -0.2) is 0 Å². The van der Waals surface area contributed by atoms with Crippen molar-refractivity contribution in [1.82, 2.24) is 24.9 Å². The summed E-state index contributed by atoms with van der Waals surface area (Å²) in [6.45, 7) is 11.8. The van der Waals surface area contributed by atoms with E-state index >= 15 is 0 Å². The Balaban J connectivity index is 1.35. The highest BCUT2D eigenvalue weighted by molar-refractivity contribution is 5.56. The van der Waals surface area contributed by atoms with Gasteiger partial charge >= 0.3 is 0 Å². The van der Waals surface area contributed by atoms with Gasteiger partial charge in [0, 0.05) is 25.2 Å². The Kier molecular flexibility index (Phi) is 7.51. The van der Waals surface area contributed by atoms with Gasteiger partial charge in [0.1, 0.15) is 0 Å². The molecular weight excluding hydrogens is 434 g/mol. The standard InChI is InChI=1S/C28H41N7/c1-20(2)25-19-31-35-26(25)32-28(34-14-10-21(3)11-15-34)33-27(35)30-18-24-7-4-6-23(17-24)16-22-8-5-12-29-13-9-22/h4,6-7,17,19-22,29H,5,8-16,18H2,1-3H3,(H,30,32,33). The Labute approximate surface area is 209 Å². The lowest BCUT2D eigenvalue weighted by molar-refractivity contribution is 0.434. The summed E-state index contributed by atoms with van der Waals surface area (Å²) in [5.41, 5.74) is 4.81. The molecule has 0 radical (unpaired) electrons. The molecule has 3 aromatic rings. The Bertz CT molecular complexity index is 1110. The van der Waals surface area contributed by atoms with Gasteiger partial charge in [0.15, 0.2) is 5.65 Å². The van der Waals surface area contributed by atoms with E-state index < -0.39 is 0 Å². The lowest BCUT2D eigenvalue weighted by atomic mass is 9.92. The van der Waals surface area contributed by atoms with E-state index in [0.717, 1.165) is 62.1 Å². The summed E-state index contributed by atoms with van der Waals surface area (Å²) in [6.07, 6.45) is 9.39. The van der Waals surface area contributed by atoms with Crippen molar-refractivity contribution in [3.63, 3.8) is 0 Å². The molecule has 1 aromatic carbocycles. The number of anilines is 2. The summed E-state index contributed by atoms with van der Waals surface area (Å²) in [5, 5.41) is 11.8. The smallest absolute Gasteiger partial charge is 0.230 e. The maximum Gasteiger partial charge on any atom is 0.230 e. The molecule has 5 rings (SSSR count). The highest BCUT2D eigenvalue weighted by atomic mass is 15.4. The maximum absolute atomic E-state index is 4.98. The van der Waals surface area contributed by atoms with Crippen LogP contribution in [-0.4, -0.2) is 45.8 Å². The van der Waals surface area contributed by atoms with Crippen LogP contribution in [0.25, 0.3) is 5.65 Å². The van der Waals surface area contributed by atoms with E-state index in [4.69, 9.17) is 9.97 Å². The molecule has 188 valence electrons. The number of piperidine rings is 1. The molecule has 0 aliphatic carbocycles. The van der Waals surface area contributed by atoms with Crippen molar-refractivity contribution >= 4 is 17.5 Å². The monoisotopic (exact) mass is 475 g/mol. The molecule has 0 saturated carbocycles. The van der Waals surface area contributed by atoms with Crippen LogP contribution in [0.3, 0.4) is 0 Å². The molecule has 2 aromatic heterocycles. The zero-order chi connectivity index (χ0) is 24.2. The second-order valence-electron chi connectivity index (χ2n) is 10.9. The van der Waals surface area contributed by atoms with Crippen LogP contribution in [0.5, 0.6) is 0 Å². The Morgan fingerprint density at radius 1 is 1.06 bits per heavy atom. The topological polar surface area (TPSA) is 70.4 Å². The molecule has 2 fully saturated rings. The van der Waals surface area contributed by atoms with E-state index in [1.807, 2.05) is 10.7 Å². The molecule has 4 heterocycles. The zero-order valence-corrected chi connectivity index (χ0v) is 21.6. The fourth-order valence-electron chi connectivity index (χ4n) is 5.43. The average molecular weight is 476 g/mol. The molecule has 0 spiro atoms. The van der Waals surface area contributed by atoms with E-state index in [9.17, 15) is 0 Å². The number of aromatic nitrogens is 4. The summed E-state index contributed by atoms with van der Waals surface area (Å²) in [5.74, 6) is 3.51. The Hall–Kier alpha value is -2.67. The number of benzene rings is 1. The molecule has 1 atom stereocenters. The quantitative estimate of drug-likeness (QED) is 0.500. The van der Waals surface area contributed by atoms with Crippen molar-refractivity contribution in [3.05, 3.63) is 47.2 Å². The summed E-state index contributed by atoms with van der Waals surface area (Å²) < 4.78 is 1.88. The van der Waals surface area contributed by atoms with Gasteiger partial charge in [-0.05, 0) is 80.5 Å². The van der Waals surface area contributed by atoms with Gasteiger partial charge in [0.25, 0.3) is 0 Å².